The van der Waals surface area contributed by atoms with E-state index in [2.05, 4.69) is 5.32 Å². The SMILES string of the molecule is CCC(CCO)NC(=O)C(CC)CC. The Morgan fingerprint density at radius 3 is 2.14 bits per heavy atom. The molecule has 0 radical (unpaired) electrons. The number of rotatable bonds is 7. The number of hydrogen-bond acceptors (Lipinski definition) is 2. The van der Waals surface area contributed by atoms with Gasteiger partial charge in [-0.3, -0.25) is 4.79 Å². The van der Waals surface area contributed by atoms with Crippen molar-refractivity contribution in [1.29, 1.82) is 0 Å². The van der Waals surface area contributed by atoms with Crippen LogP contribution in [0.25, 0.3) is 0 Å². The largest absolute Gasteiger partial charge is 0.396 e. The monoisotopic (exact) mass is 201 g/mol. The van der Waals surface area contributed by atoms with Gasteiger partial charge in [-0.15, -0.1) is 0 Å². The zero-order valence-electron chi connectivity index (χ0n) is 9.55. The Hall–Kier alpha value is -0.570. The van der Waals surface area contributed by atoms with Gasteiger partial charge in [0.2, 0.25) is 5.91 Å². The highest BCUT2D eigenvalue weighted by molar-refractivity contribution is 5.78. The van der Waals surface area contributed by atoms with Crippen LogP contribution in [0.15, 0.2) is 0 Å². The highest BCUT2D eigenvalue weighted by atomic mass is 16.3. The van der Waals surface area contributed by atoms with Crippen LogP contribution in [0.3, 0.4) is 0 Å². The summed E-state index contributed by atoms with van der Waals surface area (Å²) in [6.07, 6.45) is 3.31. The molecule has 3 nitrogen and oxygen atoms in total. The van der Waals surface area contributed by atoms with Crippen LogP contribution in [-0.2, 0) is 4.79 Å². The van der Waals surface area contributed by atoms with Crippen molar-refractivity contribution in [3.63, 3.8) is 0 Å². The van der Waals surface area contributed by atoms with Crippen molar-refractivity contribution in [2.75, 3.05) is 6.61 Å². The lowest BCUT2D eigenvalue weighted by atomic mass is 10.0. The number of amides is 1. The molecular formula is C11H23NO2. The van der Waals surface area contributed by atoms with Gasteiger partial charge < -0.3 is 10.4 Å². The molecule has 0 aliphatic rings. The second-order valence-corrected chi connectivity index (χ2v) is 3.64. The molecule has 3 heteroatoms. The second-order valence-electron chi connectivity index (χ2n) is 3.64. The molecule has 0 aromatic rings. The number of nitrogens with one attached hydrogen (secondary N) is 1. The molecule has 0 spiro atoms. The van der Waals surface area contributed by atoms with Gasteiger partial charge in [0.25, 0.3) is 0 Å². The highest BCUT2D eigenvalue weighted by Gasteiger charge is 2.16. The molecule has 0 fully saturated rings. The fraction of sp³-hybridized carbons (Fsp3) is 0.909. The molecule has 0 aliphatic heterocycles. The van der Waals surface area contributed by atoms with Crippen LogP contribution >= 0.6 is 0 Å². The average molecular weight is 201 g/mol. The Labute approximate surface area is 86.9 Å². The summed E-state index contributed by atoms with van der Waals surface area (Å²) in [5.41, 5.74) is 0. The van der Waals surface area contributed by atoms with Crippen molar-refractivity contribution in [2.45, 2.75) is 52.5 Å². The molecule has 0 heterocycles. The summed E-state index contributed by atoms with van der Waals surface area (Å²) < 4.78 is 0. The van der Waals surface area contributed by atoms with Gasteiger partial charge in [0.1, 0.15) is 0 Å². The van der Waals surface area contributed by atoms with Crippen molar-refractivity contribution < 1.29 is 9.90 Å². The van der Waals surface area contributed by atoms with Crippen molar-refractivity contribution in [3.8, 4) is 0 Å². The van der Waals surface area contributed by atoms with Gasteiger partial charge in [-0.25, -0.2) is 0 Å². The fourth-order valence-corrected chi connectivity index (χ4v) is 1.51. The smallest absolute Gasteiger partial charge is 0.223 e. The molecule has 1 amide bonds. The lowest BCUT2D eigenvalue weighted by molar-refractivity contribution is -0.126. The Morgan fingerprint density at radius 1 is 1.21 bits per heavy atom. The van der Waals surface area contributed by atoms with E-state index in [9.17, 15) is 4.79 Å². The Kier molecular flexibility index (Phi) is 7.48. The summed E-state index contributed by atoms with van der Waals surface area (Å²) >= 11 is 0. The van der Waals surface area contributed by atoms with Crippen LogP contribution in [0.2, 0.25) is 0 Å². The van der Waals surface area contributed by atoms with Crippen LogP contribution in [0, 0.1) is 5.92 Å². The number of carbonyl (C=O) groups excluding carboxylic acids is 1. The van der Waals surface area contributed by atoms with E-state index in [0.717, 1.165) is 19.3 Å². The summed E-state index contributed by atoms with van der Waals surface area (Å²) in [7, 11) is 0. The molecule has 0 aliphatic carbocycles. The van der Waals surface area contributed by atoms with Crippen LogP contribution in [-0.4, -0.2) is 23.7 Å². The van der Waals surface area contributed by atoms with Gasteiger partial charge in [0.05, 0.1) is 0 Å². The van der Waals surface area contributed by atoms with E-state index in [0.29, 0.717) is 6.42 Å². The third-order valence-corrected chi connectivity index (χ3v) is 2.67. The molecule has 14 heavy (non-hydrogen) atoms. The number of aliphatic hydroxyl groups excluding tert-OH is 1. The summed E-state index contributed by atoms with van der Waals surface area (Å²) in [6.45, 7) is 6.22. The standard InChI is InChI=1S/C11H23NO2/c1-4-9(5-2)11(14)12-10(6-3)7-8-13/h9-10,13H,4-8H2,1-3H3,(H,12,14). The zero-order valence-corrected chi connectivity index (χ0v) is 9.55. The molecule has 84 valence electrons. The maximum absolute atomic E-state index is 11.7. The first-order valence-electron chi connectivity index (χ1n) is 5.60. The summed E-state index contributed by atoms with van der Waals surface area (Å²) in [4.78, 5) is 11.7. The third-order valence-electron chi connectivity index (χ3n) is 2.67. The molecule has 1 atom stereocenters. The number of carbonyl (C=O) groups is 1. The first-order valence-corrected chi connectivity index (χ1v) is 5.60. The van der Waals surface area contributed by atoms with E-state index in [1.807, 2.05) is 20.8 Å². The molecular weight excluding hydrogens is 178 g/mol. The minimum atomic E-state index is 0.128. The maximum atomic E-state index is 11.7. The molecule has 0 saturated heterocycles. The summed E-state index contributed by atoms with van der Waals surface area (Å²) in [5.74, 6) is 0.262. The molecule has 0 saturated carbocycles. The van der Waals surface area contributed by atoms with E-state index in [-0.39, 0.29) is 24.5 Å². The number of aliphatic hydroxyl groups is 1. The van der Waals surface area contributed by atoms with Gasteiger partial charge in [0, 0.05) is 18.6 Å². The molecule has 0 rings (SSSR count). The molecule has 0 bridgehead atoms. The van der Waals surface area contributed by atoms with E-state index in [1.165, 1.54) is 0 Å². The predicted molar refractivity (Wildman–Crippen MR) is 58.0 cm³/mol. The first kappa shape index (κ1) is 13.4. The topological polar surface area (TPSA) is 49.3 Å². The van der Waals surface area contributed by atoms with E-state index in [1.54, 1.807) is 0 Å². The third kappa shape index (κ3) is 4.61. The second kappa shape index (κ2) is 7.80. The molecule has 2 N–H and O–H groups in total. The van der Waals surface area contributed by atoms with Gasteiger partial charge in [0.15, 0.2) is 0 Å². The lowest BCUT2D eigenvalue weighted by Gasteiger charge is -2.19. The minimum absolute atomic E-state index is 0.128. The minimum Gasteiger partial charge on any atom is -0.396 e. The van der Waals surface area contributed by atoms with Gasteiger partial charge in [-0.1, -0.05) is 20.8 Å². The van der Waals surface area contributed by atoms with Crippen molar-refractivity contribution in [1.82, 2.24) is 5.32 Å². The van der Waals surface area contributed by atoms with E-state index >= 15 is 0 Å². The van der Waals surface area contributed by atoms with Crippen LogP contribution in [0.4, 0.5) is 0 Å². The predicted octanol–water partition coefficient (Wildman–Crippen LogP) is 1.70. The molecule has 1 unspecified atom stereocenters. The molecule has 0 aromatic heterocycles. The summed E-state index contributed by atoms with van der Waals surface area (Å²) in [6, 6.07) is 0.132. The Morgan fingerprint density at radius 2 is 1.79 bits per heavy atom. The number of hydrogen-bond donors (Lipinski definition) is 2. The average Bonchev–Trinajstić information content (AvgIpc) is 2.19. The summed E-state index contributed by atoms with van der Waals surface area (Å²) in [5, 5.41) is 11.8. The van der Waals surface area contributed by atoms with Crippen LogP contribution in [0.5, 0.6) is 0 Å². The van der Waals surface area contributed by atoms with Crippen molar-refractivity contribution in [2.24, 2.45) is 5.92 Å². The normalized spacial score (nSPS) is 12.9. The quantitative estimate of drug-likeness (QED) is 0.658. The van der Waals surface area contributed by atoms with Crippen molar-refractivity contribution >= 4 is 5.91 Å². The van der Waals surface area contributed by atoms with Crippen molar-refractivity contribution in [3.05, 3.63) is 0 Å². The highest BCUT2D eigenvalue weighted by Crippen LogP contribution is 2.08. The van der Waals surface area contributed by atoms with Gasteiger partial charge in [-0.05, 0) is 25.7 Å². The fourth-order valence-electron chi connectivity index (χ4n) is 1.51. The maximum Gasteiger partial charge on any atom is 0.223 e. The Bertz CT molecular complexity index is 155. The Balaban J connectivity index is 3.99. The van der Waals surface area contributed by atoms with Crippen LogP contribution < -0.4 is 5.32 Å². The zero-order chi connectivity index (χ0) is 11.0. The molecule has 0 aromatic carbocycles. The van der Waals surface area contributed by atoms with E-state index in [4.69, 9.17) is 5.11 Å². The lowest BCUT2D eigenvalue weighted by Crippen LogP contribution is -2.38. The van der Waals surface area contributed by atoms with Gasteiger partial charge >= 0.3 is 0 Å². The van der Waals surface area contributed by atoms with Gasteiger partial charge in [-0.2, -0.15) is 0 Å². The first-order chi connectivity index (χ1) is 6.69. The van der Waals surface area contributed by atoms with Crippen LogP contribution in [0.1, 0.15) is 46.5 Å². The van der Waals surface area contributed by atoms with E-state index < -0.39 is 0 Å².